The number of ether oxygens (including phenoxy) is 6. The van der Waals surface area contributed by atoms with Gasteiger partial charge in [-0.1, -0.05) is 47.6 Å². The number of nitrogens with two attached hydrogens (primary N) is 1. The van der Waals surface area contributed by atoms with Crippen molar-refractivity contribution in [2.45, 2.75) is 112 Å². The van der Waals surface area contributed by atoms with Crippen LogP contribution in [0.5, 0.6) is 11.5 Å². The highest BCUT2D eigenvalue weighted by molar-refractivity contribution is 5.81. The second kappa shape index (κ2) is 16.9. The van der Waals surface area contributed by atoms with Gasteiger partial charge in [0.1, 0.15) is 23.9 Å². The minimum Gasteiger partial charge on any atom is -0.468 e. The van der Waals surface area contributed by atoms with Gasteiger partial charge >= 0.3 is 24.2 Å². The van der Waals surface area contributed by atoms with E-state index in [1.165, 1.54) is 19.2 Å². The van der Waals surface area contributed by atoms with E-state index < -0.39 is 42.1 Å². The lowest BCUT2D eigenvalue weighted by Gasteiger charge is -2.29. The quantitative estimate of drug-likeness (QED) is 0.145. The van der Waals surface area contributed by atoms with E-state index in [-0.39, 0.29) is 48.6 Å². The van der Waals surface area contributed by atoms with Crippen molar-refractivity contribution in [3.8, 4) is 11.5 Å². The van der Waals surface area contributed by atoms with Crippen LogP contribution in [0.2, 0.25) is 0 Å². The molecule has 0 saturated heterocycles. The molecule has 0 radical (unpaired) electrons. The zero-order valence-corrected chi connectivity index (χ0v) is 26.7. The summed E-state index contributed by atoms with van der Waals surface area (Å²) in [4.78, 5) is 50.1. The first-order valence-corrected chi connectivity index (χ1v) is 14.4. The smallest absolute Gasteiger partial charge is 0.468 e. The molecule has 11 nitrogen and oxygen atoms in total. The first kappa shape index (κ1) is 36.7. The zero-order chi connectivity index (χ0) is 32.2. The molecule has 0 fully saturated rings. The Balaban J connectivity index is 3.26. The molecule has 1 rings (SSSR count). The average Bonchev–Trinajstić information content (AvgIpc) is 2.87. The highest BCUT2D eigenvalue weighted by atomic mass is 16.8. The number of carbonyl (C=O) groups excluding carboxylic acids is 4. The minimum atomic E-state index is -1.59. The maximum atomic E-state index is 12.8. The SMILES string of the molecule is COC(=O)[C@](N)(Cc1ccc(OC(=O)O[C@@H](C)C(C)C)c(OC(=O)OC(C)C(C)C)c1)CC(C)OC(=O)CCC(C)C. The van der Waals surface area contributed by atoms with Crippen molar-refractivity contribution in [1.82, 2.24) is 0 Å². The standard InChI is InChI=1S/C31H49NO10/c1-18(2)11-14-27(33)38-21(7)16-31(32,28(34)37-10)17-24-12-13-25(41-29(35)39-22(8)19(3)4)26(15-24)42-30(36)40-23(9)20(5)6/h12-13,15,18-23H,11,14,16-17,32H2,1-10H3/t21?,22-,23?,31+/m0/s1. The molecule has 0 saturated carbocycles. The second-order valence-electron chi connectivity index (χ2n) is 11.9. The third-order valence-electron chi connectivity index (χ3n) is 6.86. The number of hydrogen-bond acceptors (Lipinski definition) is 11. The van der Waals surface area contributed by atoms with Crippen molar-refractivity contribution in [1.29, 1.82) is 0 Å². The Bertz CT molecular complexity index is 1050. The molecular weight excluding hydrogens is 546 g/mol. The molecule has 42 heavy (non-hydrogen) atoms. The van der Waals surface area contributed by atoms with Gasteiger partial charge in [0.2, 0.25) is 0 Å². The number of esters is 2. The topological polar surface area (TPSA) is 150 Å². The monoisotopic (exact) mass is 595 g/mol. The molecule has 4 atom stereocenters. The number of benzene rings is 1. The van der Waals surface area contributed by atoms with Crippen LogP contribution in [0.25, 0.3) is 0 Å². The van der Waals surface area contributed by atoms with Gasteiger partial charge in [0.05, 0.1) is 7.11 Å². The lowest BCUT2D eigenvalue weighted by molar-refractivity contribution is -0.155. The highest BCUT2D eigenvalue weighted by Gasteiger charge is 2.38. The summed E-state index contributed by atoms with van der Waals surface area (Å²) in [6.45, 7) is 16.7. The fourth-order valence-electron chi connectivity index (χ4n) is 3.67. The molecule has 0 aliphatic carbocycles. The molecular formula is C31H49NO10. The lowest BCUT2D eigenvalue weighted by atomic mass is 9.86. The molecule has 0 aromatic heterocycles. The van der Waals surface area contributed by atoms with E-state index in [9.17, 15) is 19.2 Å². The van der Waals surface area contributed by atoms with Crippen molar-refractivity contribution >= 4 is 24.2 Å². The summed E-state index contributed by atoms with van der Waals surface area (Å²) in [7, 11) is 1.21. The van der Waals surface area contributed by atoms with Crippen LogP contribution >= 0.6 is 0 Å². The molecule has 2 unspecified atom stereocenters. The van der Waals surface area contributed by atoms with Crippen LogP contribution in [-0.2, 0) is 35.0 Å². The molecule has 0 aliphatic rings. The summed E-state index contributed by atoms with van der Waals surface area (Å²) in [5, 5.41) is 0. The average molecular weight is 596 g/mol. The zero-order valence-electron chi connectivity index (χ0n) is 26.7. The van der Waals surface area contributed by atoms with E-state index in [1.807, 2.05) is 41.5 Å². The predicted octanol–water partition coefficient (Wildman–Crippen LogP) is 5.98. The molecule has 0 aliphatic heterocycles. The Hall–Kier alpha value is -3.34. The fourth-order valence-corrected chi connectivity index (χ4v) is 3.67. The number of hydrogen-bond donors (Lipinski definition) is 1. The van der Waals surface area contributed by atoms with E-state index in [4.69, 9.17) is 34.2 Å². The van der Waals surface area contributed by atoms with Gasteiger partial charge in [-0.15, -0.1) is 0 Å². The first-order chi connectivity index (χ1) is 19.5. The van der Waals surface area contributed by atoms with Gasteiger partial charge in [-0.2, -0.15) is 0 Å². The highest BCUT2D eigenvalue weighted by Crippen LogP contribution is 2.32. The molecule has 1 aromatic carbocycles. The number of carbonyl (C=O) groups is 4. The summed E-state index contributed by atoms with van der Waals surface area (Å²) < 4.78 is 31.8. The van der Waals surface area contributed by atoms with Crippen molar-refractivity contribution in [3.05, 3.63) is 23.8 Å². The minimum absolute atomic E-state index is 0.0328. The number of methoxy groups -OCH3 is 1. The van der Waals surface area contributed by atoms with Crippen LogP contribution in [0, 0.1) is 17.8 Å². The third kappa shape index (κ3) is 12.7. The van der Waals surface area contributed by atoms with Gasteiger partial charge in [-0.3, -0.25) is 9.59 Å². The maximum absolute atomic E-state index is 12.8. The maximum Gasteiger partial charge on any atom is 0.514 e. The van der Waals surface area contributed by atoms with Crippen molar-refractivity contribution < 1.29 is 47.6 Å². The van der Waals surface area contributed by atoms with Gasteiger partial charge in [-0.05, 0) is 62.6 Å². The van der Waals surface area contributed by atoms with Gasteiger partial charge in [-0.25, -0.2) is 9.59 Å². The largest absolute Gasteiger partial charge is 0.514 e. The normalized spacial score (nSPS) is 14.9. The Morgan fingerprint density at radius 1 is 0.786 bits per heavy atom. The summed E-state index contributed by atoms with van der Waals surface area (Å²) in [5.74, 6) is -0.904. The molecule has 1 aromatic rings. The van der Waals surface area contributed by atoms with Crippen LogP contribution in [0.15, 0.2) is 18.2 Å². The van der Waals surface area contributed by atoms with E-state index in [0.29, 0.717) is 17.9 Å². The van der Waals surface area contributed by atoms with E-state index in [0.717, 1.165) is 0 Å². The lowest BCUT2D eigenvalue weighted by Crippen LogP contribution is -2.53. The van der Waals surface area contributed by atoms with Crippen molar-refractivity contribution in [2.75, 3.05) is 7.11 Å². The van der Waals surface area contributed by atoms with Crippen molar-refractivity contribution in [2.24, 2.45) is 23.5 Å². The summed E-state index contributed by atoms with van der Waals surface area (Å²) in [6.07, 6.45) is -2.70. The van der Waals surface area contributed by atoms with E-state index in [1.54, 1.807) is 26.8 Å². The van der Waals surface area contributed by atoms with Crippen LogP contribution in [0.3, 0.4) is 0 Å². The molecule has 11 heteroatoms. The predicted molar refractivity (Wildman–Crippen MR) is 156 cm³/mol. The fraction of sp³-hybridized carbons (Fsp3) is 0.677. The number of rotatable bonds is 15. The van der Waals surface area contributed by atoms with Crippen LogP contribution < -0.4 is 15.2 Å². The van der Waals surface area contributed by atoms with E-state index >= 15 is 0 Å². The molecule has 238 valence electrons. The second-order valence-corrected chi connectivity index (χ2v) is 11.9. The van der Waals surface area contributed by atoms with Gasteiger partial charge in [0.25, 0.3) is 0 Å². The van der Waals surface area contributed by atoms with Crippen molar-refractivity contribution in [3.63, 3.8) is 0 Å². The molecule has 0 heterocycles. The molecule has 0 amide bonds. The third-order valence-corrected chi connectivity index (χ3v) is 6.86. The molecule has 2 N–H and O–H groups in total. The van der Waals surface area contributed by atoms with E-state index in [2.05, 4.69) is 0 Å². The summed E-state index contributed by atoms with van der Waals surface area (Å²) >= 11 is 0. The summed E-state index contributed by atoms with van der Waals surface area (Å²) in [6, 6.07) is 4.38. The van der Waals surface area contributed by atoms with Crippen LogP contribution in [0.1, 0.15) is 87.1 Å². The Labute approximate surface area is 249 Å². The van der Waals surface area contributed by atoms with Gasteiger partial charge in [0, 0.05) is 19.3 Å². The Morgan fingerprint density at radius 2 is 1.31 bits per heavy atom. The first-order valence-electron chi connectivity index (χ1n) is 14.4. The van der Waals surface area contributed by atoms with Gasteiger partial charge < -0.3 is 34.2 Å². The Morgan fingerprint density at radius 3 is 1.79 bits per heavy atom. The Kier molecular flexibility index (Phi) is 14.8. The van der Waals surface area contributed by atoms with Crippen LogP contribution in [0.4, 0.5) is 9.59 Å². The van der Waals surface area contributed by atoms with Gasteiger partial charge in [0.15, 0.2) is 11.5 Å². The molecule has 0 spiro atoms. The molecule has 0 bridgehead atoms. The summed E-state index contributed by atoms with van der Waals surface area (Å²) in [5.41, 5.74) is 5.39. The van der Waals surface area contributed by atoms with Crippen LogP contribution in [-0.4, -0.2) is 55.2 Å².